The van der Waals surface area contributed by atoms with E-state index in [0.29, 0.717) is 18.8 Å². The van der Waals surface area contributed by atoms with Crippen molar-refractivity contribution in [3.8, 4) is 5.75 Å². The summed E-state index contributed by atoms with van der Waals surface area (Å²) in [5.74, 6) is 1.58. The number of furan rings is 1. The Morgan fingerprint density at radius 3 is 2.53 bits per heavy atom. The Kier molecular flexibility index (Phi) is 10.1. The van der Waals surface area contributed by atoms with E-state index in [1.54, 1.807) is 19.2 Å². The van der Waals surface area contributed by atoms with Gasteiger partial charge in [0.25, 0.3) is 5.91 Å². The minimum Gasteiger partial charge on any atom is -0.496 e. The molecule has 1 amide bonds. The number of rotatable bonds is 8. The molecule has 0 aliphatic rings. The highest BCUT2D eigenvalue weighted by molar-refractivity contribution is 14.0. The molecule has 32 heavy (non-hydrogen) atoms. The molecule has 0 saturated carbocycles. The molecule has 0 aliphatic heterocycles. The molecule has 7 nitrogen and oxygen atoms in total. The number of amides is 1. The van der Waals surface area contributed by atoms with Crippen molar-refractivity contribution in [1.29, 1.82) is 0 Å². The highest BCUT2D eigenvalue weighted by atomic mass is 127. The summed E-state index contributed by atoms with van der Waals surface area (Å²) in [6, 6.07) is 17.0. The number of carbonyl (C=O) groups is 1. The summed E-state index contributed by atoms with van der Waals surface area (Å²) in [5, 5.41) is 9.41. The average molecular weight is 548 g/mol. The number of ether oxygens (including phenoxy) is 1. The van der Waals surface area contributed by atoms with Gasteiger partial charge in [0.1, 0.15) is 5.75 Å². The normalized spacial score (nSPS) is 10.8. The van der Waals surface area contributed by atoms with Gasteiger partial charge in [0.05, 0.1) is 19.9 Å². The van der Waals surface area contributed by atoms with E-state index >= 15 is 0 Å². The zero-order valence-corrected chi connectivity index (χ0v) is 20.8. The number of hydrogen-bond donors (Lipinski definition) is 3. The van der Waals surface area contributed by atoms with Crippen LogP contribution in [0.4, 0.5) is 5.69 Å². The van der Waals surface area contributed by atoms with Crippen LogP contribution >= 0.6 is 24.0 Å². The molecule has 0 radical (unpaired) electrons. The van der Waals surface area contributed by atoms with E-state index in [1.165, 1.54) is 6.26 Å². The molecule has 0 fully saturated rings. The fraction of sp³-hybridized carbons (Fsp3) is 0.250. The Hall–Kier alpha value is -3.01. The van der Waals surface area contributed by atoms with Gasteiger partial charge in [0.2, 0.25) is 0 Å². The summed E-state index contributed by atoms with van der Waals surface area (Å²) in [7, 11) is 1.68. The number of anilines is 1. The average Bonchev–Trinajstić information content (AvgIpc) is 3.32. The molecule has 3 N–H and O–H groups in total. The number of methoxy groups -OCH3 is 1. The molecule has 3 rings (SSSR count). The second kappa shape index (κ2) is 12.7. The fourth-order valence-corrected chi connectivity index (χ4v) is 2.98. The summed E-state index contributed by atoms with van der Waals surface area (Å²) in [6.07, 6.45) is 1.47. The first kappa shape index (κ1) is 25.3. The predicted octanol–water partition coefficient (Wildman–Crippen LogP) is 4.72. The van der Waals surface area contributed by atoms with Crippen LogP contribution < -0.4 is 20.7 Å². The third-order valence-corrected chi connectivity index (χ3v) is 4.61. The Bertz CT molecular complexity index is 1020. The van der Waals surface area contributed by atoms with E-state index in [2.05, 4.69) is 33.1 Å². The molecule has 1 heterocycles. The number of aryl methyl sites for hydroxylation is 1. The van der Waals surface area contributed by atoms with Crippen LogP contribution in [0.15, 0.2) is 70.3 Å². The fourth-order valence-electron chi connectivity index (χ4n) is 2.98. The minimum absolute atomic E-state index is 0. The van der Waals surface area contributed by atoms with Gasteiger partial charge in [-0.3, -0.25) is 4.79 Å². The van der Waals surface area contributed by atoms with Crippen molar-refractivity contribution in [3.63, 3.8) is 0 Å². The highest BCUT2D eigenvalue weighted by Gasteiger charge is 2.08. The maximum atomic E-state index is 12.0. The van der Waals surface area contributed by atoms with Crippen LogP contribution in [-0.2, 0) is 13.1 Å². The van der Waals surface area contributed by atoms with Gasteiger partial charge in [-0.2, -0.15) is 0 Å². The lowest BCUT2D eigenvalue weighted by atomic mass is 10.1. The molecule has 2 aromatic carbocycles. The molecule has 0 spiro atoms. The number of carbonyl (C=O) groups excluding carboxylic acids is 1. The van der Waals surface area contributed by atoms with Crippen LogP contribution in [0.3, 0.4) is 0 Å². The van der Waals surface area contributed by atoms with Gasteiger partial charge in [0.15, 0.2) is 11.7 Å². The Morgan fingerprint density at radius 1 is 1.09 bits per heavy atom. The van der Waals surface area contributed by atoms with Crippen LogP contribution in [0.1, 0.15) is 34.2 Å². The van der Waals surface area contributed by atoms with Crippen LogP contribution in [0.25, 0.3) is 0 Å². The maximum Gasteiger partial charge on any atom is 0.291 e. The summed E-state index contributed by atoms with van der Waals surface area (Å²) < 4.78 is 10.6. The lowest BCUT2D eigenvalue weighted by Crippen LogP contribution is -2.36. The molecule has 1 aromatic heterocycles. The van der Waals surface area contributed by atoms with Crippen molar-refractivity contribution in [2.45, 2.75) is 26.9 Å². The highest BCUT2D eigenvalue weighted by Crippen LogP contribution is 2.19. The molecule has 0 bridgehead atoms. The number of nitrogens with one attached hydrogen (secondary N) is 3. The van der Waals surface area contributed by atoms with Crippen molar-refractivity contribution in [3.05, 3.63) is 83.3 Å². The Labute approximate surface area is 205 Å². The van der Waals surface area contributed by atoms with E-state index in [9.17, 15) is 4.79 Å². The van der Waals surface area contributed by atoms with Crippen LogP contribution in [-0.4, -0.2) is 25.5 Å². The van der Waals surface area contributed by atoms with E-state index in [0.717, 1.165) is 34.9 Å². The second-order valence-corrected chi connectivity index (χ2v) is 6.99. The summed E-state index contributed by atoms with van der Waals surface area (Å²) in [4.78, 5) is 16.7. The number of halogens is 1. The molecule has 0 aliphatic carbocycles. The van der Waals surface area contributed by atoms with Crippen molar-refractivity contribution in [1.82, 2.24) is 10.6 Å². The number of guanidine groups is 1. The lowest BCUT2D eigenvalue weighted by Gasteiger charge is -2.14. The van der Waals surface area contributed by atoms with Crippen molar-refractivity contribution in [2.75, 3.05) is 19.0 Å². The third kappa shape index (κ3) is 7.30. The number of hydrogen-bond acceptors (Lipinski definition) is 4. The molecular formula is C24H29IN4O3. The molecule has 0 unspecified atom stereocenters. The Balaban J connectivity index is 0.00000363. The van der Waals surface area contributed by atoms with E-state index in [-0.39, 0.29) is 35.6 Å². The molecular weight excluding hydrogens is 519 g/mol. The lowest BCUT2D eigenvalue weighted by molar-refractivity contribution is 0.0996. The van der Waals surface area contributed by atoms with Crippen LogP contribution in [0, 0.1) is 6.92 Å². The van der Waals surface area contributed by atoms with Gasteiger partial charge >= 0.3 is 0 Å². The van der Waals surface area contributed by atoms with Gasteiger partial charge in [-0.25, -0.2) is 4.99 Å². The van der Waals surface area contributed by atoms with Gasteiger partial charge in [-0.1, -0.05) is 24.3 Å². The van der Waals surface area contributed by atoms with Gasteiger partial charge in [0, 0.05) is 24.3 Å². The first-order valence-corrected chi connectivity index (χ1v) is 10.2. The largest absolute Gasteiger partial charge is 0.496 e. The SMILES string of the molecule is CCNC(=NCc1ccc(NC(=O)c2ccco2)cc1)NCc1ccc(C)cc1OC.I. The molecule has 3 aromatic rings. The van der Waals surface area contributed by atoms with Crippen molar-refractivity contribution < 1.29 is 13.9 Å². The molecule has 0 atom stereocenters. The molecule has 8 heteroatoms. The topological polar surface area (TPSA) is 87.9 Å². The molecule has 170 valence electrons. The molecule has 0 saturated heterocycles. The van der Waals surface area contributed by atoms with E-state index < -0.39 is 0 Å². The van der Waals surface area contributed by atoms with Crippen molar-refractivity contribution in [2.24, 2.45) is 4.99 Å². The van der Waals surface area contributed by atoms with Gasteiger partial charge < -0.3 is 25.1 Å². The number of benzene rings is 2. The van der Waals surface area contributed by atoms with Crippen LogP contribution in [0.5, 0.6) is 5.75 Å². The maximum absolute atomic E-state index is 12.0. The van der Waals surface area contributed by atoms with Gasteiger partial charge in [-0.05, 0) is 55.3 Å². The first-order chi connectivity index (χ1) is 15.1. The summed E-state index contributed by atoms with van der Waals surface area (Å²) in [5.41, 5.74) is 3.95. The summed E-state index contributed by atoms with van der Waals surface area (Å²) >= 11 is 0. The van der Waals surface area contributed by atoms with Gasteiger partial charge in [-0.15, -0.1) is 24.0 Å². The van der Waals surface area contributed by atoms with Crippen molar-refractivity contribution >= 4 is 41.5 Å². The smallest absolute Gasteiger partial charge is 0.291 e. The quantitative estimate of drug-likeness (QED) is 0.216. The second-order valence-electron chi connectivity index (χ2n) is 6.99. The predicted molar refractivity (Wildman–Crippen MR) is 138 cm³/mol. The first-order valence-electron chi connectivity index (χ1n) is 10.2. The van der Waals surface area contributed by atoms with E-state index in [4.69, 9.17) is 9.15 Å². The standard InChI is InChI=1S/C24H28N4O3.HI/c1-4-25-24(27-16-19-10-7-17(2)14-22(19)30-3)26-15-18-8-11-20(12-9-18)28-23(29)21-6-5-13-31-21;/h5-14H,4,15-16H2,1-3H3,(H,28,29)(H2,25,26,27);1H. The van der Waals surface area contributed by atoms with Crippen LogP contribution in [0.2, 0.25) is 0 Å². The summed E-state index contributed by atoms with van der Waals surface area (Å²) in [6.45, 7) is 5.94. The van der Waals surface area contributed by atoms with E-state index in [1.807, 2.05) is 44.2 Å². The monoisotopic (exact) mass is 548 g/mol. The third-order valence-electron chi connectivity index (χ3n) is 4.61. The minimum atomic E-state index is -0.277. The zero-order chi connectivity index (χ0) is 22.1. The number of aliphatic imine (C=N–C) groups is 1. The number of nitrogens with zero attached hydrogens (tertiary/aromatic N) is 1. The Morgan fingerprint density at radius 2 is 1.88 bits per heavy atom. The zero-order valence-electron chi connectivity index (χ0n) is 18.5.